The lowest BCUT2D eigenvalue weighted by Crippen LogP contribution is -2.18. The van der Waals surface area contributed by atoms with Gasteiger partial charge in [-0.15, -0.1) is 0 Å². The fourth-order valence-corrected chi connectivity index (χ4v) is 3.66. The number of rotatable bonds is 10. The third-order valence-corrected chi connectivity index (χ3v) is 5.24. The highest BCUT2D eigenvalue weighted by atomic mass is 32.1. The fraction of sp³-hybridized carbons (Fsp3) is 0.250. The Balaban J connectivity index is 1.95. The average molecular weight is 473 g/mol. The Morgan fingerprint density at radius 2 is 1.88 bits per heavy atom. The van der Waals surface area contributed by atoms with Gasteiger partial charge in [0.2, 0.25) is 0 Å². The summed E-state index contributed by atoms with van der Waals surface area (Å²) < 4.78 is 35.2. The van der Waals surface area contributed by atoms with E-state index in [1.165, 1.54) is 0 Å². The van der Waals surface area contributed by atoms with Crippen LogP contribution >= 0.6 is 11.3 Å². The van der Waals surface area contributed by atoms with Gasteiger partial charge in [0.15, 0.2) is 10.3 Å². The normalized spacial score (nSPS) is 11.9. The monoisotopic (exact) mass is 472 g/mol. The Morgan fingerprint density at radius 3 is 2.48 bits per heavy atom. The predicted octanol–water partition coefficient (Wildman–Crippen LogP) is 5.14. The van der Waals surface area contributed by atoms with Crippen molar-refractivity contribution >= 4 is 34.5 Å². The number of methoxy groups -OCH3 is 3. The van der Waals surface area contributed by atoms with Gasteiger partial charge in [-0.3, -0.25) is 10.1 Å². The number of amides is 1. The maximum absolute atomic E-state index is 13.3. The van der Waals surface area contributed by atoms with Crippen LogP contribution in [0.15, 0.2) is 42.6 Å². The summed E-state index contributed by atoms with van der Waals surface area (Å²) in [7, 11) is 4.76. The Morgan fingerprint density at radius 1 is 1.15 bits per heavy atom. The molecule has 0 radical (unpaired) electrons. The molecule has 2 aromatic carbocycles. The van der Waals surface area contributed by atoms with Gasteiger partial charge in [-0.05, 0) is 48.9 Å². The minimum atomic E-state index is -0.481. The van der Waals surface area contributed by atoms with E-state index in [4.69, 9.17) is 18.9 Å². The molecule has 9 heteroatoms. The zero-order valence-corrected chi connectivity index (χ0v) is 19.6. The molecule has 0 spiro atoms. The standard InChI is InChI=1S/C24H25FN2O5S/c1-15(14-29-2)32-18-11-16(8-9-19-20(30-3)6-5-7-21(19)31-4)10-17(12-18)23(28)27-24-26-13-22(25)33-24/h5-13,15H,14H2,1-4H3,(H,26,27,28)/b9-8+/t15-/m0/s1. The molecule has 0 bridgehead atoms. The maximum Gasteiger partial charge on any atom is 0.257 e. The average Bonchev–Trinajstić information content (AvgIpc) is 3.21. The van der Waals surface area contributed by atoms with Crippen molar-refractivity contribution < 1.29 is 28.1 Å². The molecular weight excluding hydrogens is 447 g/mol. The predicted molar refractivity (Wildman–Crippen MR) is 127 cm³/mol. The van der Waals surface area contributed by atoms with Gasteiger partial charge >= 0.3 is 0 Å². The summed E-state index contributed by atoms with van der Waals surface area (Å²) in [5.74, 6) is 1.36. The summed E-state index contributed by atoms with van der Waals surface area (Å²) in [6, 6.07) is 10.6. The van der Waals surface area contributed by atoms with E-state index in [0.717, 1.165) is 23.1 Å². The van der Waals surface area contributed by atoms with Crippen LogP contribution in [0, 0.1) is 5.13 Å². The summed E-state index contributed by atoms with van der Waals surface area (Å²) >= 11 is 0.753. The van der Waals surface area contributed by atoms with Crippen molar-refractivity contribution in [2.45, 2.75) is 13.0 Å². The third-order valence-electron chi connectivity index (χ3n) is 4.54. The number of carbonyl (C=O) groups excluding carboxylic acids is 1. The van der Waals surface area contributed by atoms with Gasteiger partial charge in [-0.2, -0.15) is 4.39 Å². The summed E-state index contributed by atoms with van der Waals surface area (Å²) in [5.41, 5.74) is 1.80. The number of nitrogens with zero attached hydrogens (tertiary/aromatic N) is 1. The number of hydrogen-bond donors (Lipinski definition) is 1. The van der Waals surface area contributed by atoms with Crippen LogP contribution in [0.25, 0.3) is 12.2 Å². The van der Waals surface area contributed by atoms with Crippen LogP contribution in [0.1, 0.15) is 28.4 Å². The van der Waals surface area contributed by atoms with Crippen LogP contribution in [0.3, 0.4) is 0 Å². The second kappa shape index (κ2) is 11.4. The maximum atomic E-state index is 13.3. The minimum absolute atomic E-state index is 0.174. The lowest BCUT2D eigenvalue weighted by Gasteiger charge is -2.15. The molecule has 3 rings (SSSR count). The Hall–Kier alpha value is -3.43. The van der Waals surface area contributed by atoms with E-state index in [9.17, 15) is 9.18 Å². The number of halogens is 1. The van der Waals surface area contributed by atoms with Gasteiger partial charge in [0.1, 0.15) is 23.4 Å². The highest BCUT2D eigenvalue weighted by molar-refractivity contribution is 7.14. The molecule has 0 fully saturated rings. The van der Waals surface area contributed by atoms with Crippen LogP contribution in [0.4, 0.5) is 9.52 Å². The SMILES string of the molecule is COC[C@H](C)Oc1cc(/C=C/c2c(OC)cccc2OC)cc(C(=O)Nc2ncc(F)s2)c1. The molecule has 0 saturated heterocycles. The van der Waals surface area contributed by atoms with Gasteiger partial charge in [0.25, 0.3) is 5.91 Å². The summed E-state index contributed by atoms with van der Waals surface area (Å²) in [6.07, 6.45) is 4.50. The zero-order valence-electron chi connectivity index (χ0n) is 18.8. The van der Waals surface area contributed by atoms with Gasteiger partial charge in [0.05, 0.1) is 32.6 Å². The number of anilines is 1. The van der Waals surface area contributed by atoms with Crippen molar-refractivity contribution in [1.82, 2.24) is 4.98 Å². The lowest BCUT2D eigenvalue weighted by atomic mass is 10.1. The molecule has 3 aromatic rings. The van der Waals surface area contributed by atoms with Crippen LogP contribution in [0.2, 0.25) is 0 Å². The minimum Gasteiger partial charge on any atom is -0.496 e. The molecule has 0 saturated carbocycles. The van der Waals surface area contributed by atoms with E-state index in [2.05, 4.69) is 10.3 Å². The molecule has 0 aliphatic carbocycles. The van der Waals surface area contributed by atoms with Crippen LogP contribution in [-0.4, -0.2) is 44.9 Å². The number of carbonyl (C=O) groups is 1. The van der Waals surface area contributed by atoms with Gasteiger partial charge < -0.3 is 18.9 Å². The smallest absolute Gasteiger partial charge is 0.257 e. The molecule has 174 valence electrons. The van der Waals surface area contributed by atoms with E-state index >= 15 is 0 Å². The number of benzene rings is 2. The van der Waals surface area contributed by atoms with Crippen molar-refractivity contribution in [2.75, 3.05) is 33.3 Å². The summed E-state index contributed by atoms with van der Waals surface area (Å²) in [6.45, 7) is 2.25. The molecule has 1 N–H and O–H groups in total. The third kappa shape index (κ3) is 6.53. The van der Waals surface area contributed by atoms with Crippen LogP contribution < -0.4 is 19.5 Å². The molecule has 1 heterocycles. The van der Waals surface area contributed by atoms with E-state index in [1.807, 2.05) is 43.3 Å². The first-order valence-electron chi connectivity index (χ1n) is 10.1. The molecule has 0 unspecified atom stereocenters. The van der Waals surface area contributed by atoms with Gasteiger partial charge in [-0.1, -0.05) is 23.5 Å². The molecule has 1 aromatic heterocycles. The quantitative estimate of drug-likeness (QED) is 0.412. The summed E-state index contributed by atoms with van der Waals surface area (Å²) in [4.78, 5) is 16.6. The highest BCUT2D eigenvalue weighted by Gasteiger charge is 2.14. The molecule has 7 nitrogen and oxygen atoms in total. The Bertz CT molecular complexity index is 1110. The van der Waals surface area contributed by atoms with Crippen molar-refractivity contribution in [2.24, 2.45) is 0 Å². The molecular formula is C24H25FN2O5S. The first kappa shape index (κ1) is 24.2. The zero-order chi connectivity index (χ0) is 23.8. The highest BCUT2D eigenvalue weighted by Crippen LogP contribution is 2.31. The molecule has 33 heavy (non-hydrogen) atoms. The number of aromatic nitrogens is 1. The molecule has 1 atom stereocenters. The topological polar surface area (TPSA) is 78.9 Å². The van der Waals surface area contributed by atoms with Crippen LogP contribution in [0.5, 0.6) is 17.2 Å². The fourth-order valence-electron chi connectivity index (χ4n) is 3.12. The van der Waals surface area contributed by atoms with E-state index in [0.29, 0.717) is 35.0 Å². The number of nitrogens with one attached hydrogen (secondary N) is 1. The second-order valence-corrected chi connectivity index (χ2v) is 7.99. The number of hydrogen-bond acceptors (Lipinski definition) is 7. The number of ether oxygens (including phenoxy) is 4. The van der Waals surface area contributed by atoms with E-state index < -0.39 is 11.0 Å². The first-order chi connectivity index (χ1) is 15.9. The molecule has 0 aliphatic heterocycles. The largest absolute Gasteiger partial charge is 0.496 e. The van der Waals surface area contributed by atoms with Crippen molar-refractivity contribution in [3.8, 4) is 17.2 Å². The number of thiazole rings is 1. The second-order valence-electron chi connectivity index (χ2n) is 7.01. The van der Waals surface area contributed by atoms with Crippen molar-refractivity contribution in [3.05, 3.63) is 64.4 Å². The van der Waals surface area contributed by atoms with Gasteiger partial charge in [0, 0.05) is 12.7 Å². The van der Waals surface area contributed by atoms with E-state index in [1.54, 1.807) is 33.5 Å². The van der Waals surface area contributed by atoms with Crippen molar-refractivity contribution in [3.63, 3.8) is 0 Å². The molecule has 1 amide bonds. The lowest BCUT2D eigenvalue weighted by molar-refractivity contribution is 0.0917. The van der Waals surface area contributed by atoms with Gasteiger partial charge in [-0.25, -0.2) is 4.98 Å². The summed E-state index contributed by atoms with van der Waals surface area (Å²) in [5, 5.41) is 2.30. The molecule has 0 aliphatic rings. The van der Waals surface area contributed by atoms with Crippen molar-refractivity contribution in [1.29, 1.82) is 0 Å². The first-order valence-corrected chi connectivity index (χ1v) is 10.9. The Kier molecular flexibility index (Phi) is 8.39. The van der Waals surface area contributed by atoms with E-state index in [-0.39, 0.29) is 11.2 Å². The Labute approximate surface area is 195 Å². The van der Waals surface area contributed by atoms with Crippen LogP contribution in [-0.2, 0) is 4.74 Å².